The summed E-state index contributed by atoms with van der Waals surface area (Å²) in [4.78, 5) is 33.6. The first-order valence-electron chi connectivity index (χ1n) is 7.98. The predicted molar refractivity (Wildman–Crippen MR) is 81.1 cm³/mol. The lowest BCUT2D eigenvalue weighted by molar-refractivity contribution is 0.0726. The van der Waals surface area contributed by atoms with Crippen molar-refractivity contribution in [2.75, 3.05) is 6.54 Å². The third kappa shape index (κ3) is 2.56. The number of amides is 1. The van der Waals surface area contributed by atoms with Crippen LogP contribution in [0.1, 0.15) is 65.4 Å². The SMILES string of the molecule is Cc1ccc(C(=O)N2CCCC2c2noc(C3CC3)n2)c(=O)[nH]1. The Kier molecular flexibility index (Phi) is 3.28. The number of pyridine rings is 1. The lowest BCUT2D eigenvalue weighted by Gasteiger charge is -2.21. The zero-order valence-electron chi connectivity index (χ0n) is 12.9. The summed E-state index contributed by atoms with van der Waals surface area (Å²) in [6.45, 7) is 2.39. The average molecular weight is 314 g/mol. The van der Waals surface area contributed by atoms with E-state index in [2.05, 4.69) is 15.1 Å². The minimum Gasteiger partial charge on any atom is -0.339 e. The van der Waals surface area contributed by atoms with Gasteiger partial charge in [0.25, 0.3) is 11.5 Å². The number of carbonyl (C=O) groups is 1. The van der Waals surface area contributed by atoms with Crippen LogP contribution in [0.2, 0.25) is 0 Å². The summed E-state index contributed by atoms with van der Waals surface area (Å²) in [5, 5.41) is 4.06. The van der Waals surface area contributed by atoms with E-state index in [1.807, 2.05) is 0 Å². The maximum Gasteiger partial charge on any atom is 0.260 e. The molecule has 1 N–H and O–H groups in total. The Morgan fingerprint density at radius 1 is 1.35 bits per heavy atom. The van der Waals surface area contributed by atoms with Crippen LogP contribution in [0.25, 0.3) is 0 Å². The largest absolute Gasteiger partial charge is 0.339 e. The van der Waals surface area contributed by atoms with Crippen LogP contribution in [0.5, 0.6) is 0 Å². The lowest BCUT2D eigenvalue weighted by Crippen LogP contribution is -2.34. The van der Waals surface area contributed by atoms with Gasteiger partial charge < -0.3 is 14.4 Å². The van der Waals surface area contributed by atoms with E-state index >= 15 is 0 Å². The monoisotopic (exact) mass is 314 g/mol. The molecule has 0 spiro atoms. The molecule has 7 nitrogen and oxygen atoms in total. The number of rotatable bonds is 3. The molecule has 1 saturated heterocycles. The second-order valence-corrected chi connectivity index (χ2v) is 6.31. The maximum absolute atomic E-state index is 12.7. The van der Waals surface area contributed by atoms with E-state index in [4.69, 9.17) is 4.52 Å². The van der Waals surface area contributed by atoms with Crippen molar-refractivity contribution < 1.29 is 9.32 Å². The predicted octanol–water partition coefficient (Wildman–Crippen LogP) is 1.92. The van der Waals surface area contributed by atoms with Gasteiger partial charge in [0.05, 0.1) is 6.04 Å². The number of carbonyl (C=O) groups excluding carboxylic acids is 1. The Morgan fingerprint density at radius 3 is 2.91 bits per heavy atom. The molecule has 2 aromatic rings. The standard InChI is InChI=1S/C16H18N4O3/c1-9-4-7-11(14(21)17-9)16(22)20-8-2-3-12(20)13-18-15(23-19-13)10-5-6-10/h4,7,10,12H,2-3,5-6,8H2,1H3,(H,17,21). The average Bonchev–Trinajstić information content (AvgIpc) is 3.07. The third-order valence-electron chi connectivity index (χ3n) is 4.48. The smallest absolute Gasteiger partial charge is 0.260 e. The summed E-state index contributed by atoms with van der Waals surface area (Å²) in [5.41, 5.74) is 0.539. The molecule has 2 fully saturated rings. The molecular formula is C16H18N4O3. The molecule has 0 bridgehead atoms. The fraction of sp³-hybridized carbons (Fsp3) is 0.500. The van der Waals surface area contributed by atoms with Gasteiger partial charge in [0.2, 0.25) is 5.89 Å². The van der Waals surface area contributed by atoms with Crippen molar-refractivity contribution in [3.05, 3.63) is 45.5 Å². The van der Waals surface area contributed by atoms with Gasteiger partial charge in [-0.15, -0.1) is 0 Å². The summed E-state index contributed by atoms with van der Waals surface area (Å²) in [6, 6.07) is 3.11. The van der Waals surface area contributed by atoms with Crippen molar-refractivity contribution in [3.63, 3.8) is 0 Å². The van der Waals surface area contributed by atoms with E-state index in [9.17, 15) is 9.59 Å². The van der Waals surface area contributed by atoms with Crippen LogP contribution in [-0.2, 0) is 0 Å². The number of aromatic amines is 1. The Hall–Kier alpha value is -2.44. The number of hydrogen-bond donors (Lipinski definition) is 1. The summed E-state index contributed by atoms with van der Waals surface area (Å²) in [6.07, 6.45) is 3.84. The summed E-state index contributed by atoms with van der Waals surface area (Å²) < 4.78 is 5.31. The second-order valence-electron chi connectivity index (χ2n) is 6.31. The van der Waals surface area contributed by atoms with Crippen LogP contribution in [0.15, 0.2) is 21.5 Å². The fourth-order valence-corrected chi connectivity index (χ4v) is 3.05. The topological polar surface area (TPSA) is 92.1 Å². The fourth-order valence-electron chi connectivity index (χ4n) is 3.05. The first-order chi connectivity index (χ1) is 11.1. The Balaban J connectivity index is 1.61. The third-order valence-corrected chi connectivity index (χ3v) is 4.48. The minimum atomic E-state index is -0.354. The van der Waals surface area contributed by atoms with Crippen LogP contribution in [0.3, 0.4) is 0 Å². The van der Waals surface area contributed by atoms with Gasteiger partial charge in [-0.3, -0.25) is 9.59 Å². The van der Waals surface area contributed by atoms with Gasteiger partial charge in [-0.05, 0) is 44.7 Å². The molecule has 4 rings (SSSR count). The molecule has 23 heavy (non-hydrogen) atoms. The van der Waals surface area contributed by atoms with E-state index < -0.39 is 0 Å². The van der Waals surface area contributed by atoms with Crippen LogP contribution in [-0.4, -0.2) is 32.5 Å². The molecule has 1 aliphatic carbocycles. The number of nitrogens with one attached hydrogen (secondary N) is 1. The highest BCUT2D eigenvalue weighted by atomic mass is 16.5. The Morgan fingerprint density at radius 2 is 2.17 bits per heavy atom. The maximum atomic E-state index is 12.7. The minimum absolute atomic E-state index is 0.161. The quantitative estimate of drug-likeness (QED) is 0.934. The molecule has 1 atom stereocenters. The van der Waals surface area contributed by atoms with Gasteiger partial charge in [0, 0.05) is 18.2 Å². The lowest BCUT2D eigenvalue weighted by atomic mass is 10.2. The molecule has 7 heteroatoms. The molecule has 3 heterocycles. The van der Waals surface area contributed by atoms with Crippen molar-refractivity contribution in [1.29, 1.82) is 0 Å². The molecule has 1 aliphatic heterocycles. The summed E-state index contributed by atoms with van der Waals surface area (Å²) in [7, 11) is 0. The Bertz CT molecular complexity index is 806. The number of nitrogens with zero attached hydrogens (tertiary/aromatic N) is 3. The van der Waals surface area contributed by atoms with Gasteiger partial charge in [-0.25, -0.2) is 0 Å². The summed E-state index contributed by atoms with van der Waals surface area (Å²) >= 11 is 0. The van der Waals surface area contributed by atoms with Crippen molar-refractivity contribution in [1.82, 2.24) is 20.0 Å². The van der Waals surface area contributed by atoms with Crippen LogP contribution >= 0.6 is 0 Å². The van der Waals surface area contributed by atoms with Gasteiger partial charge >= 0.3 is 0 Å². The van der Waals surface area contributed by atoms with Gasteiger partial charge in [-0.2, -0.15) is 4.98 Å². The van der Waals surface area contributed by atoms with E-state index in [-0.39, 0.29) is 23.1 Å². The number of hydrogen-bond acceptors (Lipinski definition) is 5. The molecule has 1 amide bonds. The van der Waals surface area contributed by atoms with E-state index in [0.717, 1.165) is 31.4 Å². The van der Waals surface area contributed by atoms with Crippen molar-refractivity contribution in [2.45, 2.75) is 44.6 Å². The van der Waals surface area contributed by atoms with Gasteiger partial charge in [-0.1, -0.05) is 5.16 Å². The molecule has 0 aromatic carbocycles. The summed E-state index contributed by atoms with van der Waals surface area (Å²) in [5.74, 6) is 1.35. The first-order valence-corrected chi connectivity index (χ1v) is 7.98. The highest BCUT2D eigenvalue weighted by Gasteiger charge is 2.36. The molecule has 1 unspecified atom stereocenters. The second kappa shape index (κ2) is 5.33. The molecule has 2 aromatic heterocycles. The van der Waals surface area contributed by atoms with Crippen molar-refractivity contribution in [2.24, 2.45) is 0 Å². The van der Waals surface area contributed by atoms with E-state index in [1.165, 1.54) is 0 Å². The van der Waals surface area contributed by atoms with E-state index in [0.29, 0.717) is 24.2 Å². The highest BCUT2D eigenvalue weighted by Crippen LogP contribution is 2.40. The number of aryl methyl sites for hydroxylation is 1. The number of H-pyrrole nitrogens is 1. The Labute approximate surface area is 132 Å². The molecule has 0 radical (unpaired) electrons. The van der Waals surface area contributed by atoms with Gasteiger partial charge in [0.15, 0.2) is 5.82 Å². The van der Waals surface area contributed by atoms with E-state index in [1.54, 1.807) is 24.0 Å². The molecular weight excluding hydrogens is 296 g/mol. The van der Waals surface area contributed by atoms with Crippen molar-refractivity contribution >= 4 is 5.91 Å². The molecule has 2 aliphatic rings. The zero-order valence-corrected chi connectivity index (χ0v) is 12.9. The number of aromatic nitrogens is 3. The zero-order chi connectivity index (χ0) is 16.0. The van der Waals surface area contributed by atoms with Crippen molar-refractivity contribution in [3.8, 4) is 0 Å². The molecule has 1 saturated carbocycles. The van der Waals surface area contributed by atoms with Gasteiger partial charge in [0.1, 0.15) is 5.56 Å². The normalized spacial score (nSPS) is 20.9. The first kappa shape index (κ1) is 14.2. The van der Waals surface area contributed by atoms with Crippen LogP contribution < -0.4 is 5.56 Å². The van der Waals surface area contributed by atoms with Crippen LogP contribution in [0.4, 0.5) is 0 Å². The van der Waals surface area contributed by atoms with Crippen LogP contribution in [0, 0.1) is 6.92 Å². The highest BCUT2D eigenvalue weighted by molar-refractivity contribution is 5.94. The number of likely N-dealkylation sites (tertiary alicyclic amines) is 1. The molecule has 120 valence electrons.